The fourth-order valence-corrected chi connectivity index (χ4v) is 4.72. The van der Waals surface area contributed by atoms with Gasteiger partial charge in [-0.25, -0.2) is 4.98 Å². The minimum absolute atomic E-state index is 0.0460. The van der Waals surface area contributed by atoms with Gasteiger partial charge in [0, 0.05) is 36.9 Å². The number of pyridine rings is 1. The summed E-state index contributed by atoms with van der Waals surface area (Å²) < 4.78 is 5.51. The van der Waals surface area contributed by atoms with Gasteiger partial charge in [0.2, 0.25) is 5.91 Å². The van der Waals surface area contributed by atoms with Gasteiger partial charge in [-0.3, -0.25) is 4.79 Å². The van der Waals surface area contributed by atoms with E-state index in [4.69, 9.17) is 4.74 Å². The Morgan fingerprint density at radius 1 is 1.26 bits per heavy atom. The average molecular weight is 421 g/mol. The molecule has 1 aromatic carbocycles. The van der Waals surface area contributed by atoms with E-state index >= 15 is 0 Å². The molecular formula is C25H32N4O2. The fourth-order valence-electron chi connectivity index (χ4n) is 4.72. The standard InChI is InChI=1S/C25H32N4O2/c1-25(11-12-25)27-15-17-5-10-21-22(14-17)29(16-19-4-3-13-26-23(19)28-21)24(30)18-6-8-20(31-2)9-7-18/h3-5,10,13-14,18,20,27H,6-9,11-12,15-16H2,1-2H3,(H,26,28). The van der Waals surface area contributed by atoms with E-state index in [1.165, 1.54) is 18.4 Å². The number of anilines is 3. The van der Waals surface area contributed by atoms with Crippen LogP contribution in [-0.2, 0) is 22.6 Å². The maximum absolute atomic E-state index is 13.7. The van der Waals surface area contributed by atoms with E-state index in [-0.39, 0.29) is 23.5 Å². The molecule has 2 heterocycles. The Labute approximate surface area is 184 Å². The lowest BCUT2D eigenvalue weighted by molar-refractivity contribution is -0.124. The van der Waals surface area contributed by atoms with Gasteiger partial charge in [0.15, 0.2) is 0 Å². The van der Waals surface area contributed by atoms with E-state index in [0.29, 0.717) is 6.54 Å². The molecule has 2 aromatic rings. The number of ether oxygens (including phenoxy) is 1. The molecule has 1 amide bonds. The highest BCUT2D eigenvalue weighted by Crippen LogP contribution is 2.39. The van der Waals surface area contributed by atoms with Gasteiger partial charge < -0.3 is 20.3 Å². The van der Waals surface area contributed by atoms with Crippen molar-refractivity contribution in [2.75, 3.05) is 17.3 Å². The molecule has 6 heteroatoms. The minimum Gasteiger partial charge on any atom is -0.381 e. The van der Waals surface area contributed by atoms with Gasteiger partial charge in [0.05, 0.1) is 24.0 Å². The molecule has 5 rings (SSSR count). The molecule has 6 nitrogen and oxygen atoms in total. The summed E-state index contributed by atoms with van der Waals surface area (Å²) in [6, 6.07) is 10.4. The largest absolute Gasteiger partial charge is 0.381 e. The van der Waals surface area contributed by atoms with Crippen molar-refractivity contribution in [3.63, 3.8) is 0 Å². The van der Waals surface area contributed by atoms with Crippen LogP contribution in [0.4, 0.5) is 17.2 Å². The smallest absolute Gasteiger partial charge is 0.230 e. The summed E-state index contributed by atoms with van der Waals surface area (Å²) in [4.78, 5) is 20.2. The monoisotopic (exact) mass is 420 g/mol. The van der Waals surface area contributed by atoms with Gasteiger partial charge in [-0.2, -0.15) is 0 Å². The van der Waals surface area contributed by atoms with Crippen molar-refractivity contribution in [3.8, 4) is 0 Å². The predicted octanol–water partition coefficient (Wildman–Crippen LogP) is 4.52. The maximum atomic E-state index is 13.7. The van der Waals surface area contributed by atoms with Crippen LogP contribution in [0.25, 0.3) is 0 Å². The number of hydrogen-bond donors (Lipinski definition) is 2. The summed E-state index contributed by atoms with van der Waals surface area (Å²) in [6.45, 7) is 3.63. The van der Waals surface area contributed by atoms with Gasteiger partial charge in [-0.1, -0.05) is 12.1 Å². The van der Waals surface area contributed by atoms with Crippen LogP contribution in [0.3, 0.4) is 0 Å². The average Bonchev–Trinajstić information content (AvgIpc) is 3.57. The molecule has 1 aliphatic heterocycles. The molecule has 1 aromatic heterocycles. The molecule has 2 aliphatic carbocycles. The Kier molecular flexibility index (Phi) is 5.44. The van der Waals surface area contributed by atoms with Crippen LogP contribution in [0.2, 0.25) is 0 Å². The Balaban J connectivity index is 1.44. The second kappa shape index (κ2) is 8.24. The van der Waals surface area contributed by atoms with Crippen LogP contribution in [0, 0.1) is 5.92 Å². The minimum atomic E-state index is 0.0460. The summed E-state index contributed by atoms with van der Waals surface area (Å²) in [5, 5.41) is 7.13. The Bertz CT molecular complexity index is 964. The van der Waals surface area contributed by atoms with Crippen LogP contribution in [0.1, 0.15) is 56.6 Å². The first-order valence-electron chi connectivity index (χ1n) is 11.5. The quantitative estimate of drug-likeness (QED) is 0.745. The Morgan fingerprint density at radius 3 is 2.81 bits per heavy atom. The number of benzene rings is 1. The normalized spacial score (nSPS) is 23.9. The molecule has 0 spiro atoms. The number of nitrogens with one attached hydrogen (secondary N) is 2. The predicted molar refractivity (Wildman–Crippen MR) is 122 cm³/mol. The summed E-state index contributed by atoms with van der Waals surface area (Å²) in [5.41, 5.74) is 4.42. The van der Waals surface area contributed by atoms with Crippen molar-refractivity contribution in [1.82, 2.24) is 10.3 Å². The second-order valence-electron chi connectivity index (χ2n) is 9.54. The van der Waals surface area contributed by atoms with Crippen molar-refractivity contribution < 1.29 is 9.53 Å². The number of methoxy groups -OCH3 is 1. The topological polar surface area (TPSA) is 66.5 Å². The van der Waals surface area contributed by atoms with Gasteiger partial charge in [-0.15, -0.1) is 0 Å². The van der Waals surface area contributed by atoms with E-state index in [1.807, 2.05) is 11.0 Å². The van der Waals surface area contributed by atoms with E-state index < -0.39 is 0 Å². The first-order valence-corrected chi connectivity index (χ1v) is 11.5. The third-order valence-electron chi connectivity index (χ3n) is 7.17. The van der Waals surface area contributed by atoms with Crippen molar-refractivity contribution >= 4 is 23.1 Å². The lowest BCUT2D eigenvalue weighted by atomic mass is 9.86. The number of fused-ring (bicyclic) bond motifs is 2. The van der Waals surface area contributed by atoms with E-state index in [1.54, 1.807) is 13.3 Å². The third kappa shape index (κ3) is 4.32. The molecular weight excluding hydrogens is 388 g/mol. The number of hydrogen-bond acceptors (Lipinski definition) is 5. The fraction of sp³-hybridized carbons (Fsp3) is 0.520. The number of amides is 1. The van der Waals surface area contributed by atoms with Crippen LogP contribution in [-0.4, -0.2) is 29.6 Å². The molecule has 0 saturated heterocycles. The number of nitrogens with zero attached hydrogens (tertiary/aromatic N) is 2. The summed E-state index contributed by atoms with van der Waals surface area (Å²) in [5.74, 6) is 1.09. The lowest BCUT2D eigenvalue weighted by Crippen LogP contribution is -2.38. The number of carbonyl (C=O) groups excluding carboxylic acids is 1. The molecule has 0 radical (unpaired) electrons. The zero-order valence-electron chi connectivity index (χ0n) is 18.5. The van der Waals surface area contributed by atoms with Gasteiger partial charge >= 0.3 is 0 Å². The van der Waals surface area contributed by atoms with E-state index in [9.17, 15) is 4.79 Å². The SMILES string of the molecule is COC1CCC(C(=O)N2Cc3cccnc3Nc3ccc(CNC4(C)CC4)cc32)CC1. The van der Waals surface area contributed by atoms with Gasteiger partial charge in [-0.05, 0) is 69.2 Å². The van der Waals surface area contributed by atoms with Crippen molar-refractivity contribution in [3.05, 3.63) is 47.7 Å². The van der Waals surface area contributed by atoms with Crippen LogP contribution in [0.15, 0.2) is 36.5 Å². The van der Waals surface area contributed by atoms with Crippen molar-refractivity contribution in [2.45, 2.75) is 70.2 Å². The van der Waals surface area contributed by atoms with Crippen molar-refractivity contribution in [2.24, 2.45) is 5.92 Å². The summed E-state index contributed by atoms with van der Waals surface area (Å²) in [7, 11) is 1.77. The van der Waals surface area contributed by atoms with Crippen molar-refractivity contribution in [1.29, 1.82) is 0 Å². The second-order valence-corrected chi connectivity index (χ2v) is 9.54. The lowest BCUT2D eigenvalue weighted by Gasteiger charge is -2.32. The molecule has 31 heavy (non-hydrogen) atoms. The summed E-state index contributed by atoms with van der Waals surface area (Å²) >= 11 is 0. The Morgan fingerprint density at radius 2 is 2.06 bits per heavy atom. The van der Waals surface area contributed by atoms with Crippen LogP contribution in [0.5, 0.6) is 0 Å². The summed E-state index contributed by atoms with van der Waals surface area (Å²) in [6.07, 6.45) is 8.22. The maximum Gasteiger partial charge on any atom is 0.230 e. The van der Waals surface area contributed by atoms with Gasteiger partial charge in [0.1, 0.15) is 5.82 Å². The zero-order valence-corrected chi connectivity index (χ0v) is 18.5. The van der Waals surface area contributed by atoms with E-state index in [0.717, 1.165) is 55.0 Å². The molecule has 2 N–H and O–H groups in total. The molecule has 2 saturated carbocycles. The molecule has 3 aliphatic rings. The first kappa shape index (κ1) is 20.5. The van der Waals surface area contributed by atoms with Crippen LogP contribution < -0.4 is 15.5 Å². The highest BCUT2D eigenvalue weighted by atomic mass is 16.5. The van der Waals surface area contributed by atoms with Gasteiger partial charge in [0.25, 0.3) is 0 Å². The zero-order chi connectivity index (χ0) is 21.4. The highest BCUT2D eigenvalue weighted by Gasteiger charge is 2.36. The molecule has 0 atom stereocenters. The number of rotatable bonds is 5. The first-order chi connectivity index (χ1) is 15.0. The highest BCUT2D eigenvalue weighted by molar-refractivity contribution is 5.99. The van der Waals surface area contributed by atoms with Crippen LogP contribution >= 0.6 is 0 Å². The molecule has 2 fully saturated rings. The number of carbonyl (C=O) groups is 1. The molecule has 0 bridgehead atoms. The van der Waals surface area contributed by atoms with E-state index in [2.05, 4.69) is 46.8 Å². The Hall–Kier alpha value is -2.44. The molecule has 0 unspecified atom stereocenters. The third-order valence-corrected chi connectivity index (χ3v) is 7.17. The molecule has 164 valence electrons. The number of aromatic nitrogens is 1.